The van der Waals surface area contributed by atoms with Gasteiger partial charge in [0.15, 0.2) is 5.82 Å². The lowest BCUT2D eigenvalue weighted by atomic mass is 10.2. The van der Waals surface area contributed by atoms with Gasteiger partial charge in [-0.05, 0) is 20.8 Å². The van der Waals surface area contributed by atoms with E-state index in [-0.39, 0.29) is 0 Å². The first-order chi connectivity index (χ1) is 10.7. The van der Waals surface area contributed by atoms with Gasteiger partial charge in [-0.1, -0.05) is 5.16 Å². The molecule has 0 spiro atoms. The Bertz CT molecular complexity index is 621. The summed E-state index contributed by atoms with van der Waals surface area (Å²) in [7, 11) is 0. The summed E-state index contributed by atoms with van der Waals surface area (Å²) in [6.07, 6.45) is 0.885. The number of fused-ring (bicyclic) bond motifs is 1. The van der Waals surface area contributed by atoms with Crippen molar-refractivity contribution in [1.82, 2.24) is 24.8 Å². The predicted molar refractivity (Wildman–Crippen MR) is 80.2 cm³/mol. The van der Waals surface area contributed by atoms with E-state index in [0.717, 1.165) is 49.2 Å². The van der Waals surface area contributed by atoms with E-state index in [0.29, 0.717) is 19.3 Å². The highest BCUT2D eigenvalue weighted by Gasteiger charge is 2.24. The van der Waals surface area contributed by atoms with E-state index in [4.69, 9.17) is 9.26 Å². The topological polar surface area (TPSA) is 69.2 Å². The Morgan fingerprint density at radius 2 is 2.23 bits per heavy atom. The second-order valence-electron chi connectivity index (χ2n) is 5.77. The third-order valence-electron chi connectivity index (χ3n) is 4.09. The standard InChI is InChI=1S/C15H23N5O2/c1-4-21-10-15-17-16-14-7-11(2)19(5-6-20(14)15)9-13-8-12(3)22-18-13/h8,11H,4-7,9-10H2,1-3H3. The fourth-order valence-corrected chi connectivity index (χ4v) is 2.86. The minimum Gasteiger partial charge on any atom is -0.374 e. The maximum absolute atomic E-state index is 5.48. The van der Waals surface area contributed by atoms with Gasteiger partial charge in [-0.15, -0.1) is 10.2 Å². The minimum absolute atomic E-state index is 0.391. The minimum atomic E-state index is 0.391. The molecule has 3 rings (SSSR count). The quantitative estimate of drug-likeness (QED) is 0.835. The molecule has 1 aliphatic rings. The molecule has 0 bridgehead atoms. The summed E-state index contributed by atoms with van der Waals surface area (Å²) in [4.78, 5) is 2.41. The number of nitrogens with zero attached hydrogens (tertiary/aromatic N) is 5. The lowest BCUT2D eigenvalue weighted by molar-refractivity contribution is 0.124. The van der Waals surface area contributed by atoms with Crippen molar-refractivity contribution in [2.45, 2.75) is 52.9 Å². The Morgan fingerprint density at radius 1 is 1.36 bits per heavy atom. The van der Waals surface area contributed by atoms with Gasteiger partial charge in [-0.3, -0.25) is 4.90 Å². The van der Waals surface area contributed by atoms with Crippen molar-refractivity contribution in [3.63, 3.8) is 0 Å². The van der Waals surface area contributed by atoms with E-state index in [1.54, 1.807) is 0 Å². The first-order valence-corrected chi connectivity index (χ1v) is 7.82. The molecular formula is C15H23N5O2. The molecule has 0 aliphatic carbocycles. The summed E-state index contributed by atoms with van der Waals surface area (Å²) in [5.41, 5.74) is 0.983. The summed E-state index contributed by atoms with van der Waals surface area (Å²) >= 11 is 0. The van der Waals surface area contributed by atoms with Crippen LogP contribution in [0.15, 0.2) is 10.6 Å². The van der Waals surface area contributed by atoms with Gasteiger partial charge in [0.25, 0.3) is 0 Å². The molecular weight excluding hydrogens is 282 g/mol. The molecule has 1 unspecified atom stereocenters. The molecule has 2 aromatic rings. The number of hydrogen-bond acceptors (Lipinski definition) is 6. The van der Waals surface area contributed by atoms with Crippen molar-refractivity contribution in [1.29, 1.82) is 0 Å². The molecule has 7 heteroatoms. The van der Waals surface area contributed by atoms with Crippen molar-refractivity contribution in [2.24, 2.45) is 0 Å². The lowest BCUT2D eigenvalue weighted by Gasteiger charge is -2.25. The van der Waals surface area contributed by atoms with Crippen molar-refractivity contribution in [3.8, 4) is 0 Å². The number of hydrogen-bond donors (Lipinski definition) is 0. The molecule has 3 heterocycles. The molecule has 2 aromatic heterocycles. The molecule has 120 valence electrons. The molecule has 0 saturated heterocycles. The van der Waals surface area contributed by atoms with Crippen LogP contribution < -0.4 is 0 Å². The van der Waals surface area contributed by atoms with Gasteiger partial charge in [-0.25, -0.2) is 0 Å². The SMILES string of the molecule is CCOCc1nnc2n1CCN(Cc1cc(C)on1)C(C)C2. The van der Waals surface area contributed by atoms with Gasteiger partial charge in [0.05, 0.1) is 5.69 Å². The fraction of sp³-hybridized carbons (Fsp3) is 0.667. The summed E-state index contributed by atoms with van der Waals surface area (Å²) in [6, 6.07) is 2.39. The number of ether oxygens (including phenoxy) is 1. The van der Waals surface area contributed by atoms with Crippen LogP contribution in [-0.2, 0) is 30.9 Å². The van der Waals surface area contributed by atoms with Crippen LogP contribution >= 0.6 is 0 Å². The normalized spacial score (nSPS) is 19.1. The molecule has 0 saturated carbocycles. The molecule has 0 fully saturated rings. The highest BCUT2D eigenvalue weighted by atomic mass is 16.5. The maximum Gasteiger partial charge on any atom is 0.159 e. The van der Waals surface area contributed by atoms with Crippen LogP contribution in [0.1, 0.15) is 37.0 Å². The summed E-state index contributed by atoms with van der Waals surface area (Å²) < 4.78 is 12.8. The average Bonchev–Trinajstić information content (AvgIpc) is 3.03. The van der Waals surface area contributed by atoms with E-state index in [2.05, 4.69) is 31.7 Å². The van der Waals surface area contributed by atoms with Gasteiger partial charge in [0.2, 0.25) is 0 Å². The molecule has 0 aromatic carbocycles. The van der Waals surface area contributed by atoms with Gasteiger partial charge in [-0.2, -0.15) is 0 Å². The molecule has 1 atom stereocenters. The number of aromatic nitrogens is 4. The fourth-order valence-electron chi connectivity index (χ4n) is 2.86. The first kappa shape index (κ1) is 15.2. The zero-order chi connectivity index (χ0) is 15.5. The average molecular weight is 305 g/mol. The second-order valence-corrected chi connectivity index (χ2v) is 5.77. The third kappa shape index (κ3) is 3.20. The van der Waals surface area contributed by atoms with Crippen LogP contribution in [0, 0.1) is 6.92 Å². The number of rotatable bonds is 5. The Balaban J connectivity index is 1.70. The molecule has 0 amide bonds. The molecule has 0 radical (unpaired) electrons. The number of aryl methyl sites for hydroxylation is 1. The molecule has 7 nitrogen and oxygen atoms in total. The lowest BCUT2D eigenvalue weighted by Crippen LogP contribution is -2.34. The highest BCUT2D eigenvalue weighted by Crippen LogP contribution is 2.17. The molecule has 1 aliphatic heterocycles. The van der Waals surface area contributed by atoms with Crippen molar-refractivity contribution in [2.75, 3.05) is 13.2 Å². The Labute approximate surface area is 130 Å². The third-order valence-corrected chi connectivity index (χ3v) is 4.09. The highest BCUT2D eigenvalue weighted by molar-refractivity contribution is 5.05. The van der Waals surface area contributed by atoms with Crippen LogP contribution in [-0.4, -0.2) is 44.0 Å². The van der Waals surface area contributed by atoms with Gasteiger partial charge in [0.1, 0.15) is 18.2 Å². The Hall–Kier alpha value is -1.73. The van der Waals surface area contributed by atoms with Crippen LogP contribution in [0.3, 0.4) is 0 Å². The van der Waals surface area contributed by atoms with Gasteiger partial charge in [0, 0.05) is 44.8 Å². The predicted octanol–water partition coefficient (Wildman–Crippen LogP) is 1.56. The van der Waals surface area contributed by atoms with Crippen molar-refractivity contribution in [3.05, 3.63) is 29.2 Å². The van der Waals surface area contributed by atoms with Crippen LogP contribution in [0.2, 0.25) is 0 Å². The van der Waals surface area contributed by atoms with Crippen LogP contribution in [0.25, 0.3) is 0 Å². The molecule has 22 heavy (non-hydrogen) atoms. The van der Waals surface area contributed by atoms with Crippen molar-refractivity contribution >= 4 is 0 Å². The zero-order valence-electron chi connectivity index (χ0n) is 13.4. The monoisotopic (exact) mass is 305 g/mol. The second kappa shape index (κ2) is 6.58. The van der Waals surface area contributed by atoms with E-state index < -0.39 is 0 Å². The van der Waals surface area contributed by atoms with E-state index >= 15 is 0 Å². The van der Waals surface area contributed by atoms with E-state index in [1.165, 1.54) is 0 Å². The Kier molecular flexibility index (Phi) is 4.54. The van der Waals surface area contributed by atoms with Gasteiger partial charge >= 0.3 is 0 Å². The van der Waals surface area contributed by atoms with E-state index in [1.807, 2.05) is 19.9 Å². The molecule has 0 N–H and O–H groups in total. The van der Waals surface area contributed by atoms with Gasteiger partial charge < -0.3 is 13.8 Å². The van der Waals surface area contributed by atoms with Crippen molar-refractivity contribution < 1.29 is 9.26 Å². The first-order valence-electron chi connectivity index (χ1n) is 7.82. The zero-order valence-corrected chi connectivity index (χ0v) is 13.4. The summed E-state index contributed by atoms with van der Waals surface area (Å²) in [5, 5.41) is 12.7. The van der Waals surface area contributed by atoms with Crippen LogP contribution in [0.4, 0.5) is 0 Å². The summed E-state index contributed by atoms with van der Waals surface area (Å²) in [6.45, 7) is 9.98. The smallest absolute Gasteiger partial charge is 0.159 e. The van der Waals surface area contributed by atoms with Crippen LogP contribution in [0.5, 0.6) is 0 Å². The van der Waals surface area contributed by atoms with E-state index in [9.17, 15) is 0 Å². The Morgan fingerprint density at radius 3 is 2.95 bits per heavy atom. The summed E-state index contributed by atoms with van der Waals surface area (Å²) in [5.74, 6) is 2.82. The largest absolute Gasteiger partial charge is 0.374 e. The maximum atomic E-state index is 5.48.